The predicted octanol–water partition coefficient (Wildman–Crippen LogP) is 2.70. The maximum atomic E-state index is 6.03. The summed E-state index contributed by atoms with van der Waals surface area (Å²) in [6.45, 7) is 4.90. The summed E-state index contributed by atoms with van der Waals surface area (Å²) in [6.07, 6.45) is 2.32. The molecule has 1 unspecified atom stereocenters. The van der Waals surface area contributed by atoms with Crippen molar-refractivity contribution in [3.63, 3.8) is 0 Å². The molecule has 0 spiro atoms. The normalized spacial score (nSPS) is 12.6. The molecule has 21 heavy (non-hydrogen) atoms. The van der Waals surface area contributed by atoms with Gasteiger partial charge in [0.05, 0.1) is 6.04 Å². The van der Waals surface area contributed by atoms with Crippen LogP contribution < -0.4 is 5.73 Å². The van der Waals surface area contributed by atoms with E-state index in [0.29, 0.717) is 24.7 Å². The molecule has 0 saturated carbocycles. The number of ether oxygens (including phenoxy) is 1. The molecule has 2 N–H and O–H groups in total. The van der Waals surface area contributed by atoms with E-state index >= 15 is 0 Å². The van der Waals surface area contributed by atoms with Gasteiger partial charge in [0.1, 0.15) is 0 Å². The van der Waals surface area contributed by atoms with Crippen molar-refractivity contribution >= 4 is 0 Å². The fraction of sp³-hybridized carbons (Fsp3) is 0.500. The molecule has 0 fully saturated rings. The molecule has 0 bridgehead atoms. The van der Waals surface area contributed by atoms with E-state index in [0.717, 1.165) is 12.8 Å². The number of nitrogens with zero attached hydrogens (tertiary/aromatic N) is 2. The highest BCUT2D eigenvalue weighted by Gasteiger charge is 2.14. The summed E-state index contributed by atoms with van der Waals surface area (Å²) in [5.74, 6) is 1.18. The number of aromatic nitrogens is 2. The molecular formula is C16H23N3O2. The van der Waals surface area contributed by atoms with Crippen LogP contribution in [0.4, 0.5) is 0 Å². The molecular weight excluding hydrogens is 266 g/mol. The monoisotopic (exact) mass is 289 g/mol. The second-order valence-corrected chi connectivity index (χ2v) is 5.39. The average Bonchev–Trinajstić information content (AvgIpc) is 2.92. The summed E-state index contributed by atoms with van der Waals surface area (Å²) in [6, 6.07) is 6.14. The molecule has 0 radical (unpaired) electrons. The van der Waals surface area contributed by atoms with Crippen LogP contribution in [-0.4, -0.2) is 23.9 Å². The van der Waals surface area contributed by atoms with Crippen LogP contribution >= 0.6 is 0 Å². The van der Waals surface area contributed by atoms with E-state index in [-0.39, 0.29) is 6.04 Å². The van der Waals surface area contributed by atoms with Gasteiger partial charge < -0.3 is 15.0 Å². The average molecular weight is 289 g/mol. The zero-order valence-electron chi connectivity index (χ0n) is 12.9. The van der Waals surface area contributed by atoms with Gasteiger partial charge in [0.15, 0.2) is 5.82 Å². The molecule has 5 heteroatoms. The van der Waals surface area contributed by atoms with Gasteiger partial charge in [-0.05, 0) is 43.4 Å². The molecule has 2 aromatic rings. The highest BCUT2D eigenvalue weighted by atomic mass is 16.5. The lowest BCUT2D eigenvalue weighted by Crippen LogP contribution is -2.11. The molecule has 0 saturated heterocycles. The van der Waals surface area contributed by atoms with Gasteiger partial charge in [-0.3, -0.25) is 0 Å². The maximum Gasteiger partial charge on any atom is 0.243 e. The quantitative estimate of drug-likeness (QED) is 0.793. The van der Waals surface area contributed by atoms with E-state index in [2.05, 4.69) is 42.2 Å². The Hall–Kier alpha value is -1.72. The van der Waals surface area contributed by atoms with Gasteiger partial charge in [0.25, 0.3) is 0 Å². The molecule has 0 amide bonds. The van der Waals surface area contributed by atoms with Crippen molar-refractivity contribution in [2.75, 3.05) is 13.7 Å². The molecule has 1 heterocycles. The van der Waals surface area contributed by atoms with E-state index in [9.17, 15) is 0 Å². The van der Waals surface area contributed by atoms with Gasteiger partial charge in [-0.1, -0.05) is 23.4 Å². The number of methoxy groups -OCH3 is 1. The van der Waals surface area contributed by atoms with Gasteiger partial charge in [0.2, 0.25) is 5.89 Å². The van der Waals surface area contributed by atoms with Gasteiger partial charge in [-0.2, -0.15) is 4.98 Å². The van der Waals surface area contributed by atoms with Crippen LogP contribution in [0.2, 0.25) is 0 Å². The highest BCUT2D eigenvalue weighted by Crippen LogP contribution is 2.16. The number of rotatable bonds is 7. The first-order chi connectivity index (χ1) is 10.1. The summed E-state index contributed by atoms with van der Waals surface area (Å²) in [5, 5.41) is 4.02. The molecule has 1 aromatic heterocycles. The van der Waals surface area contributed by atoms with Crippen molar-refractivity contribution in [1.29, 1.82) is 0 Å². The summed E-state index contributed by atoms with van der Waals surface area (Å²) in [7, 11) is 1.68. The van der Waals surface area contributed by atoms with Crippen molar-refractivity contribution < 1.29 is 9.26 Å². The Morgan fingerprint density at radius 3 is 2.81 bits per heavy atom. The van der Waals surface area contributed by atoms with E-state index in [1.807, 2.05) is 0 Å². The SMILES string of the molecule is COCCCC(N)c1nc(Cc2ccc(C)c(C)c2)no1. The lowest BCUT2D eigenvalue weighted by Gasteiger charge is -2.05. The Morgan fingerprint density at radius 1 is 1.29 bits per heavy atom. The first-order valence-corrected chi connectivity index (χ1v) is 7.23. The van der Waals surface area contributed by atoms with Crippen LogP contribution in [-0.2, 0) is 11.2 Å². The van der Waals surface area contributed by atoms with Crippen molar-refractivity contribution in [2.45, 2.75) is 39.2 Å². The first-order valence-electron chi connectivity index (χ1n) is 7.23. The molecule has 0 aliphatic heterocycles. The minimum atomic E-state index is -0.221. The number of nitrogens with two attached hydrogens (primary N) is 1. The summed E-state index contributed by atoms with van der Waals surface area (Å²) in [4.78, 5) is 4.39. The van der Waals surface area contributed by atoms with Crippen molar-refractivity contribution in [2.24, 2.45) is 5.73 Å². The van der Waals surface area contributed by atoms with Gasteiger partial charge >= 0.3 is 0 Å². The molecule has 1 aromatic carbocycles. The van der Waals surface area contributed by atoms with E-state index < -0.39 is 0 Å². The summed E-state index contributed by atoms with van der Waals surface area (Å²) < 4.78 is 10.3. The Bertz CT molecular complexity index is 581. The lowest BCUT2D eigenvalue weighted by molar-refractivity contribution is 0.188. The maximum absolute atomic E-state index is 6.03. The molecule has 5 nitrogen and oxygen atoms in total. The van der Waals surface area contributed by atoms with Crippen molar-refractivity contribution in [3.8, 4) is 0 Å². The van der Waals surface area contributed by atoms with Crippen LogP contribution in [0.1, 0.15) is 47.3 Å². The molecule has 0 aliphatic rings. The predicted molar refractivity (Wildman–Crippen MR) is 81.1 cm³/mol. The Morgan fingerprint density at radius 2 is 2.10 bits per heavy atom. The fourth-order valence-electron chi connectivity index (χ4n) is 2.16. The van der Waals surface area contributed by atoms with Crippen LogP contribution in [0, 0.1) is 13.8 Å². The van der Waals surface area contributed by atoms with E-state index in [4.69, 9.17) is 15.0 Å². The Labute approximate surface area is 125 Å². The Balaban J connectivity index is 1.97. The molecule has 1 atom stereocenters. The zero-order chi connectivity index (χ0) is 15.2. The smallest absolute Gasteiger partial charge is 0.243 e. The largest absolute Gasteiger partial charge is 0.385 e. The van der Waals surface area contributed by atoms with Crippen LogP contribution in [0.5, 0.6) is 0 Å². The molecule has 114 valence electrons. The number of benzene rings is 1. The van der Waals surface area contributed by atoms with Crippen LogP contribution in [0.25, 0.3) is 0 Å². The third kappa shape index (κ3) is 4.37. The van der Waals surface area contributed by atoms with Crippen molar-refractivity contribution in [1.82, 2.24) is 10.1 Å². The topological polar surface area (TPSA) is 74.2 Å². The minimum Gasteiger partial charge on any atom is -0.385 e. The molecule has 2 rings (SSSR count). The second kappa shape index (κ2) is 7.33. The summed E-state index contributed by atoms with van der Waals surface area (Å²) >= 11 is 0. The van der Waals surface area contributed by atoms with Crippen molar-refractivity contribution in [3.05, 3.63) is 46.6 Å². The molecule has 0 aliphatic carbocycles. The number of hydrogen-bond acceptors (Lipinski definition) is 5. The highest BCUT2D eigenvalue weighted by molar-refractivity contribution is 5.31. The van der Waals surface area contributed by atoms with E-state index in [1.165, 1.54) is 16.7 Å². The van der Waals surface area contributed by atoms with E-state index in [1.54, 1.807) is 7.11 Å². The number of hydrogen-bond donors (Lipinski definition) is 1. The third-order valence-corrected chi connectivity index (χ3v) is 3.60. The Kier molecular flexibility index (Phi) is 5.47. The van der Waals surface area contributed by atoms with Gasteiger partial charge in [0, 0.05) is 20.1 Å². The first kappa shape index (κ1) is 15.7. The van der Waals surface area contributed by atoms with Crippen LogP contribution in [0.15, 0.2) is 22.7 Å². The lowest BCUT2D eigenvalue weighted by atomic mass is 10.0. The van der Waals surface area contributed by atoms with Gasteiger partial charge in [-0.15, -0.1) is 0 Å². The standard InChI is InChI=1S/C16H23N3O2/c1-11-6-7-13(9-12(11)2)10-15-18-16(21-19-15)14(17)5-4-8-20-3/h6-7,9,14H,4-5,8,10,17H2,1-3H3. The fourth-order valence-corrected chi connectivity index (χ4v) is 2.16. The summed E-state index contributed by atoms with van der Waals surface area (Å²) in [5.41, 5.74) is 9.77. The minimum absolute atomic E-state index is 0.221. The zero-order valence-corrected chi connectivity index (χ0v) is 12.9. The van der Waals surface area contributed by atoms with Gasteiger partial charge in [-0.25, -0.2) is 0 Å². The van der Waals surface area contributed by atoms with Crippen LogP contribution in [0.3, 0.4) is 0 Å². The second-order valence-electron chi connectivity index (χ2n) is 5.39. The third-order valence-electron chi connectivity index (χ3n) is 3.60. The number of aryl methyl sites for hydroxylation is 2.